The van der Waals surface area contributed by atoms with Gasteiger partial charge in [-0.2, -0.15) is 0 Å². The number of aryl methyl sites for hydroxylation is 1. The molecule has 150 valence electrons. The molecule has 0 saturated carbocycles. The van der Waals surface area contributed by atoms with Crippen molar-refractivity contribution in [1.29, 1.82) is 0 Å². The second-order valence-electron chi connectivity index (χ2n) is 6.96. The minimum Gasteiger partial charge on any atom is -0.493 e. The summed E-state index contributed by atoms with van der Waals surface area (Å²) in [5, 5.41) is 0. The third-order valence-electron chi connectivity index (χ3n) is 4.81. The monoisotopic (exact) mass is 396 g/mol. The lowest BCUT2D eigenvalue weighted by Crippen LogP contribution is -2.18. The van der Waals surface area contributed by atoms with Crippen LogP contribution in [0.4, 0.5) is 4.39 Å². The Morgan fingerprint density at radius 3 is 2.83 bits per heavy atom. The van der Waals surface area contributed by atoms with Crippen molar-refractivity contribution in [2.75, 3.05) is 19.8 Å². The van der Waals surface area contributed by atoms with E-state index in [1.807, 2.05) is 0 Å². The van der Waals surface area contributed by atoms with Crippen molar-refractivity contribution in [1.82, 2.24) is 9.55 Å². The zero-order valence-electron chi connectivity index (χ0n) is 16.0. The summed E-state index contributed by atoms with van der Waals surface area (Å²) in [6.07, 6.45) is 4.02. The van der Waals surface area contributed by atoms with Gasteiger partial charge in [-0.1, -0.05) is 12.1 Å². The molecule has 29 heavy (non-hydrogen) atoms. The van der Waals surface area contributed by atoms with E-state index in [4.69, 9.17) is 14.2 Å². The Kier molecular flexibility index (Phi) is 5.57. The van der Waals surface area contributed by atoms with Crippen LogP contribution in [-0.4, -0.2) is 29.4 Å². The van der Waals surface area contributed by atoms with Crippen LogP contribution in [0.5, 0.6) is 17.4 Å². The third-order valence-corrected chi connectivity index (χ3v) is 4.81. The first-order valence-electron chi connectivity index (χ1n) is 9.40. The van der Waals surface area contributed by atoms with Gasteiger partial charge in [-0.3, -0.25) is 4.79 Å². The van der Waals surface area contributed by atoms with Gasteiger partial charge < -0.3 is 18.8 Å². The molecule has 1 unspecified atom stereocenters. The number of ether oxygens (including phenoxy) is 3. The first-order valence-corrected chi connectivity index (χ1v) is 9.40. The molecule has 0 radical (unpaired) electrons. The highest BCUT2D eigenvalue weighted by Gasteiger charge is 2.17. The van der Waals surface area contributed by atoms with E-state index in [0.717, 1.165) is 18.6 Å². The first-order chi connectivity index (χ1) is 14.1. The number of hydrogen-bond acceptors (Lipinski definition) is 5. The largest absolute Gasteiger partial charge is 0.493 e. The number of halogens is 1. The average molecular weight is 396 g/mol. The van der Waals surface area contributed by atoms with Crippen LogP contribution in [0.2, 0.25) is 0 Å². The van der Waals surface area contributed by atoms with Crippen LogP contribution in [-0.2, 0) is 11.8 Å². The summed E-state index contributed by atoms with van der Waals surface area (Å²) in [6.45, 7) is 1.98. The van der Waals surface area contributed by atoms with Crippen LogP contribution >= 0.6 is 0 Å². The van der Waals surface area contributed by atoms with Crippen molar-refractivity contribution < 1.29 is 18.6 Å². The highest BCUT2D eigenvalue weighted by molar-refractivity contribution is 5.71. The van der Waals surface area contributed by atoms with Gasteiger partial charge in [0.15, 0.2) is 0 Å². The molecule has 4 rings (SSSR count). The summed E-state index contributed by atoms with van der Waals surface area (Å²) in [5.41, 5.74) is 1.11. The van der Waals surface area contributed by atoms with E-state index in [0.29, 0.717) is 36.2 Å². The maximum atomic E-state index is 13.9. The summed E-state index contributed by atoms with van der Waals surface area (Å²) in [6, 6.07) is 11.5. The zero-order chi connectivity index (χ0) is 20.2. The van der Waals surface area contributed by atoms with Gasteiger partial charge in [-0.15, -0.1) is 0 Å². The smallest absolute Gasteiger partial charge is 0.313 e. The second kappa shape index (κ2) is 8.45. The summed E-state index contributed by atoms with van der Waals surface area (Å²) in [4.78, 5) is 16.0. The molecule has 1 saturated heterocycles. The molecule has 1 fully saturated rings. The lowest BCUT2D eigenvalue weighted by atomic mass is 10.0. The highest BCUT2D eigenvalue weighted by atomic mass is 19.1. The van der Waals surface area contributed by atoms with Crippen molar-refractivity contribution >= 4 is 0 Å². The number of aromatic nitrogens is 2. The molecule has 1 aromatic heterocycles. The molecule has 0 spiro atoms. The van der Waals surface area contributed by atoms with E-state index in [2.05, 4.69) is 4.98 Å². The Morgan fingerprint density at radius 1 is 1.24 bits per heavy atom. The van der Waals surface area contributed by atoms with Crippen molar-refractivity contribution in [3.05, 3.63) is 71.0 Å². The van der Waals surface area contributed by atoms with E-state index in [9.17, 15) is 9.18 Å². The van der Waals surface area contributed by atoms with Gasteiger partial charge in [0.1, 0.15) is 17.3 Å². The standard InChI is InChI=1S/C22H21FN2O4/c1-25-10-9-24-21(22(25)26)29-18-5-2-16(3-6-18)19-12-17(23)4-7-20(19)28-14-15-8-11-27-13-15/h2-7,9-10,12,15H,8,11,13-14H2,1H3. The van der Waals surface area contributed by atoms with Crippen molar-refractivity contribution in [2.24, 2.45) is 13.0 Å². The van der Waals surface area contributed by atoms with Gasteiger partial charge in [0.05, 0.1) is 13.2 Å². The quantitative estimate of drug-likeness (QED) is 0.634. The van der Waals surface area contributed by atoms with Gasteiger partial charge in [-0.05, 0) is 42.3 Å². The highest BCUT2D eigenvalue weighted by Crippen LogP contribution is 2.33. The maximum Gasteiger partial charge on any atom is 0.313 e. The Balaban J connectivity index is 1.54. The molecule has 7 heteroatoms. The fourth-order valence-corrected chi connectivity index (χ4v) is 3.14. The molecule has 1 aliphatic heterocycles. The molecule has 1 atom stereocenters. The van der Waals surface area contributed by atoms with E-state index in [1.165, 1.54) is 22.9 Å². The van der Waals surface area contributed by atoms with Gasteiger partial charge >= 0.3 is 5.56 Å². The van der Waals surface area contributed by atoms with Gasteiger partial charge in [0.2, 0.25) is 0 Å². The average Bonchev–Trinajstić information content (AvgIpc) is 3.25. The molecule has 2 aromatic carbocycles. The summed E-state index contributed by atoms with van der Waals surface area (Å²) < 4.78 is 32.2. The fraction of sp³-hybridized carbons (Fsp3) is 0.273. The molecular weight excluding hydrogens is 375 g/mol. The molecule has 2 heterocycles. The molecule has 1 aliphatic rings. The molecule has 0 amide bonds. The third kappa shape index (κ3) is 4.46. The van der Waals surface area contributed by atoms with Crippen molar-refractivity contribution in [3.63, 3.8) is 0 Å². The van der Waals surface area contributed by atoms with Crippen LogP contribution in [0.1, 0.15) is 6.42 Å². The van der Waals surface area contributed by atoms with Crippen molar-refractivity contribution in [2.45, 2.75) is 6.42 Å². The summed E-state index contributed by atoms with van der Waals surface area (Å²) in [7, 11) is 1.63. The van der Waals surface area contributed by atoms with Crippen LogP contribution in [0.15, 0.2) is 59.7 Å². The molecular formula is C22H21FN2O4. The summed E-state index contributed by atoms with van der Waals surface area (Å²) >= 11 is 0. The Labute approximate surface area is 167 Å². The number of benzene rings is 2. The van der Waals surface area contributed by atoms with Crippen molar-refractivity contribution in [3.8, 4) is 28.5 Å². The first kappa shape index (κ1) is 19.1. The fourth-order valence-electron chi connectivity index (χ4n) is 3.14. The molecule has 6 nitrogen and oxygen atoms in total. The van der Waals surface area contributed by atoms with Crippen LogP contribution in [0.25, 0.3) is 11.1 Å². The molecule has 0 aliphatic carbocycles. The SMILES string of the molecule is Cn1ccnc(Oc2ccc(-c3cc(F)ccc3OCC3CCOC3)cc2)c1=O. The Bertz CT molecular complexity index is 1040. The predicted octanol–water partition coefficient (Wildman–Crippen LogP) is 3.79. The van der Waals surface area contributed by atoms with E-state index in [-0.39, 0.29) is 17.3 Å². The summed E-state index contributed by atoms with van der Waals surface area (Å²) in [5.74, 6) is 1.09. The van der Waals surface area contributed by atoms with Crippen LogP contribution < -0.4 is 15.0 Å². The maximum absolute atomic E-state index is 13.9. The zero-order valence-corrected chi connectivity index (χ0v) is 16.0. The predicted molar refractivity (Wildman–Crippen MR) is 106 cm³/mol. The molecule has 0 N–H and O–H groups in total. The lowest BCUT2D eigenvalue weighted by molar-refractivity contribution is 0.167. The second-order valence-corrected chi connectivity index (χ2v) is 6.96. The molecule has 3 aromatic rings. The van der Waals surface area contributed by atoms with E-state index in [1.54, 1.807) is 43.6 Å². The minimum atomic E-state index is -0.339. The Morgan fingerprint density at radius 2 is 2.07 bits per heavy atom. The number of rotatable bonds is 6. The van der Waals surface area contributed by atoms with Crippen LogP contribution in [0, 0.1) is 11.7 Å². The Hall–Kier alpha value is -3.19. The van der Waals surface area contributed by atoms with Gasteiger partial charge in [0, 0.05) is 37.5 Å². The normalized spacial score (nSPS) is 16.0. The van der Waals surface area contributed by atoms with E-state index < -0.39 is 0 Å². The van der Waals surface area contributed by atoms with Crippen LogP contribution in [0.3, 0.4) is 0 Å². The number of hydrogen-bond donors (Lipinski definition) is 0. The number of nitrogens with zero attached hydrogens (tertiary/aromatic N) is 2. The minimum absolute atomic E-state index is 0.00342. The lowest BCUT2D eigenvalue weighted by Gasteiger charge is -2.15. The van der Waals surface area contributed by atoms with Gasteiger partial charge in [-0.25, -0.2) is 9.37 Å². The molecule has 0 bridgehead atoms. The van der Waals surface area contributed by atoms with E-state index >= 15 is 0 Å². The van der Waals surface area contributed by atoms with Gasteiger partial charge in [0.25, 0.3) is 5.88 Å². The topological polar surface area (TPSA) is 62.6 Å².